The molecule has 0 atom stereocenters. The second kappa shape index (κ2) is 4.40. The van der Waals surface area contributed by atoms with Gasteiger partial charge in [0.25, 0.3) is 0 Å². The molecule has 0 fully saturated rings. The minimum absolute atomic E-state index is 0.725. The van der Waals surface area contributed by atoms with Gasteiger partial charge in [0, 0.05) is 0 Å². The molecule has 0 saturated carbocycles. The van der Waals surface area contributed by atoms with Crippen molar-refractivity contribution in [2.75, 3.05) is 13.4 Å². The molecule has 12 heavy (non-hydrogen) atoms. The van der Waals surface area contributed by atoms with Gasteiger partial charge in [0.2, 0.25) is 0 Å². The maximum atomic E-state index is 5.96. The van der Waals surface area contributed by atoms with Gasteiger partial charge in [0.05, 0.1) is 21.5 Å². The van der Waals surface area contributed by atoms with Gasteiger partial charge in [-0.15, -0.1) is 11.8 Å². The van der Waals surface area contributed by atoms with Crippen LogP contribution in [0.25, 0.3) is 0 Å². The van der Waals surface area contributed by atoms with E-state index in [1.807, 2.05) is 18.4 Å². The van der Waals surface area contributed by atoms with Crippen molar-refractivity contribution in [3.05, 3.63) is 21.6 Å². The van der Waals surface area contributed by atoms with Gasteiger partial charge in [-0.25, -0.2) is 0 Å². The topological polar surface area (TPSA) is 9.23 Å². The number of halogens is 2. The van der Waals surface area contributed by atoms with E-state index in [1.165, 1.54) is 0 Å². The van der Waals surface area contributed by atoms with E-state index in [2.05, 4.69) is 15.9 Å². The van der Waals surface area contributed by atoms with E-state index >= 15 is 0 Å². The normalized spacial score (nSPS) is 10.0. The van der Waals surface area contributed by atoms with Crippen molar-refractivity contribution in [1.82, 2.24) is 0 Å². The summed E-state index contributed by atoms with van der Waals surface area (Å²) in [6.45, 7) is 0. The van der Waals surface area contributed by atoms with E-state index in [-0.39, 0.29) is 0 Å². The lowest BCUT2D eigenvalue weighted by atomic mass is 10.3. The highest BCUT2D eigenvalue weighted by Gasteiger charge is 2.09. The van der Waals surface area contributed by atoms with Crippen molar-refractivity contribution >= 4 is 39.3 Å². The van der Waals surface area contributed by atoms with Gasteiger partial charge in [-0.2, -0.15) is 0 Å². The van der Waals surface area contributed by atoms with Crippen molar-refractivity contribution in [2.24, 2.45) is 0 Å². The molecule has 66 valence electrons. The first-order valence-corrected chi connectivity index (χ1v) is 5.66. The summed E-state index contributed by atoms with van der Waals surface area (Å²) in [6.07, 6.45) is 1.97. The lowest BCUT2D eigenvalue weighted by molar-refractivity contribution is 0.402. The Bertz CT molecular complexity index is 262. The molecule has 0 heterocycles. The molecular weight excluding hydrogens is 260 g/mol. The van der Waals surface area contributed by atoms with E-state index in [1.54, 1.807) is 18.9 Å². The highest BCUT2D eigenvalue weighted by molar-refractivity contribution is 9.10. The van der Waals surface area contributed by atoms with Crippen LogP contribution in [-0.2, 0) is 0 Å². The van der Waals surface area contributed by atoms with Crippen LogP contribution in [0.5, 0.6) is 5.75 Å². The number of ether oxygens (including phenoxy) is 1. The molecule has 0 radical (unpaired) electrons. The van der Waals surface area contributed by atoms with E-state index in [4.69, 9.17) is 16.3 Å². The van der Waals surface area contributed by atoms with Gasteiger partial charge in [-0.3, -0.25) is 0 Å². The zero-order chi connectivity index (χ0) is 9.14. The third-order valence-electron chi connectivity index (χ3n) is 1.42. The first-order valence-electron chi connectivity index (χ1n) is 3.26. The first kappa shape index (κ1) is 10.2. The summed E-state index contributed by atoms with van der Waals surface area (Å²) in [7, 11) is 1.64. The summed E-state index contributed by atoms with van der Waals surface area (Å²) < 4.78 is 6.13. The Morgan fingerprint density at radius 2 is 2.17 bits per heavy atom. The number of methoxy groups -OCH3 is 1. The smallest absolute Gasteiger partial charge is 0.148 e. The lowest BCUT2D eigenvalue weighted by Crippen LogP contribution is -1.87. The van der Waals surface area contributed by atoms with E-state index < -0.39 is 0 Å². The largest absolute Gasteiger partial charge is 0.494 e. The molecule has 1 nitrogen and oxygen atoms in total. The molecule has 4 heteroatoms. The van der Waals surface area contributed by atoms with Crippen LogP contribution >= 0.6 is 39.3 Å². The molecular formula is C8H8BrClOS. The number of rotatable bonds is 2. The fourth-order valence-electron chi connectivity index (χ4n) is 0.895. The average Bonchev–Trinajstić information content (AvgIpc) is 2.08. The molecule has 0 aliphatic carbocycles. The van der Waals surface area contributed by atoms with Gasteiger partial charge >= 0.3 is 0 Å². The number of hydrogen-bond acceptors (Lipinski definition) is 2. The minimum atomic E-state index is 0.725. The van der Waals surface area contributed by atoms with Crippen molar-refractivity contribution in [1.29, 1.82) is 0 Å². The first-order chi connectivity index (χ1) is 5.70. The predicted octanol–water partition coefficient (Wildman–Crippen LogP) is 3.83. The minimum Gasteiger partial charge on any atom is -0.494 e. The zero-order valence-electron chi connectivity index (χ0n) is 6.73. The van der Waals surface area contributed by atoms with Crippen molar-refractivity contribution in [3.63, 3.8) is 0 Å². The Labute approximate surface area is 89.6 Å². The van der Waals surface area contributed by atoms with Crippen LogP contribution in [0.15, 0.2) is 21.5 Å². The van der Waals surface area contributed by atoms with Gasteiger partial charge in [0.1, 0.15) is 5.75 Å². The van der Waals surface area contributed by atoms with E-state index in [0.717, 1.165) is 20.1 Å². The summed E-state index contributed by atoms with van der Waals surface area (Å²) in [6, 6.07) is 3.72. The van der Waals surface area contributed by atoms with Crippen LogP contribution < -0.4 is 4.74 Å². The van der Waals surface area contributed by atoms with Gasteiger partial charge in [-0.05, 0) is 34.3 Å². The van der Waals surface area contributed by atoms with Gasteiger partial charge in [0.15, 0.2) is 0 Å². The second-order valence-electron chi connectivity index (χ2n) is 2.10. The fraction of sp³-hybridized carbons (Fsp3) is 0.250. The van der Waals surface area contributed by atoms with Crippen molar-refractivity contribution in [3.8, 4) is 5.75 Å². The summed E-state index contributed by atoms with van der Waals surface area (Å²) in [5.41, 5.74) is 0. The average molecular weight is 268 g/mol. The molecule has 0 amide bonds. The lowest BCUT2D eigenvalue weighted by Gasteiger charge is -2.09. The maximum Gasteiger partial charge on any atom is 0.148 e. The molecule has 1 rings (SSSR count). The van der Waals surface area contributed by atoms with Crippen LogP contribution in [-0.4, -0.2) is 13.4 Å². The third-order valence-corrected chi connectivity index (χ3v) is 3.29. The molecule has 0 saturated heterocycles. The van der Waals surface area contributed by atoms with Gasteiger partial charge in [-0.1, -0.05) is 11.6 Å². The maximum absolute atomic E-state index is 5.96. The quantitative estimate of drug-likeness (QED) is 0.753. The van der Waals surface area contributed by atoms with Crippen LogP contribution in [0.4, 0.5) is 0 Å². The molecule has 1 aromatic carbocycles. The van der Waals surface area contributed by atoms with Crippen LogP contribution in [0.3, 0.4) is 0 Å². The number of thioether (sulfide) groups is 1. The standard InChI is InChI=1S/C8H8BrClOS/c1-11-7-5(9)3-4-6(10)8(7)12-2/h3-4H,1-2H3. The molecule has 0 aliphatic heterocycles. The Morgan fingerprint density at radius 1 is 1.50 bits per heavy atom. The zero-order valence-corrected chi connectivity index (χ0v) is 9.89. The molecule has 0 spiro atoms. The van der Waals surface area contributed by atoms with Crippen molar-refractivity contribution < 1.29 is 4.74 Å². The Balaban J connectivity index is 3.28. The monoisotopic (exact) mass is 266 g/mol. The van der Waals surface area contributed by atoms with Crippen LogP contribution in [0, 0.1) is 0 Å². The highest BCUT2D eigenvalue weighted by atomic mass is 79.9. The number of benzene rings is 1. The Morgan fingerprint density at radius 3 is 2.58 bits per heavy atom. The molecule has 0 aliphatic rings. The molecule has 0 bridgehead atoms. The van der Waals surface area contributed by atoms with E-state index in [9.17, 15) is 0 Å². The van der Waals surface area contributed by atoms with Crippen LogP contribution in [0.2, 0.25) is 5.02 Å². The molecule has 0 aromatic heterocycles. The molecule has 0 N–H and O–H groups in total. The summed E-state index contributed by atoms with van der Waals surface area (Å²) in [5, 5.41) is 0.725. The summed E-state index contributed by atoms with van der Waals surface area (Å²) in [4.78, 5) is 0.966. The van der Waals surface area contributed by atoms with Crippen molar-refractivity contribution in [2.45, 2.75) is 4.90 Å². The number of hydrogen-bond donors (Lipinski definition) is 0. The predicted molar refractivity (Wildman–Crippen MR) is 57.5 cm³/mol. The summed E-state index contributed by atoms with van der Waals surface area (Å²) in [5.74, 6) is 0.801. The van der Waals surface area contributed by atoms with E-state index in [0.29, 0.717) is 0 Å². The Kier molecular flexibility index (Phi) is 3.75. The SMILES string of the molecule is COc1c(Br)ccc(Cl)c1SC. The molecule has 1 aromatic rings. The highest BCUT2D eigenvalue weighted by Crippen LogP contribution is 2.39. The van der Waals surface area contributed by atoms with Gasteiger partial charge < -0.3 is 4.74 Å². The second-order valence-corrected chi connectivity index (χ2v) is 4.17. The fourth-order valence-corrected chi connectivity index (χ4v) is 2.54. The Hall–Kier alpha value is 0.140. The third kappa shape index (κ3) is 1.90. The van der Waals surface area contributed by atoms with Crippen LogP contribution in [0.1, 0.15) is 0 Å². The molecule has 0 unspecified atom stereocenters. The summed E-state index contributed by atoms with van der Waals surface area (Å²) >= 11 is 10.9.